The summed E-state index contributed by atoms with van der Waals surface area (Å²) in [6.07, 6.45) is 9.52. The van der Waals surface area contributed by atoms with E-state index in [2.05, 4.69) is 94.4 Å². The van der Waals surface area contributed by atoms with E-state index in [4.69, 9.17) is 4.74 Å². The lowest BCUT2D eigenvalue weighted by atomic mass is 9.69. The van der Waals surface area contributed by atoms with Crippen LogP contribution in [-0.2, 0) is 10.8 Å². The first-order valence-corrected chi connectivity index (χ1v) is 14.1. The SMILES string of the molecule is CC[N+](CC)(CC)CC1(c2ccccc2)CC1.COc1ccc(C2(CN(C)C)CCCCC2)cc1. The number of methoxy groups -OCH3 is 1. The average Bonchev–Trinajstić information content (AvgIpc) is 3.69. The molecule has 0 saturated heterocycles. The Morgan fingerprint density at radius 3 is 1.71 bits per heavy atom. The van der Waals surface area contributed by atoms with Crippen LogP contribution < -0.4 is 4.74 Å². The maximum absolute atomic E-state index is 5.26. The van der Waals surface area contributed by atoms with Crippen LogP contribution in [0.25, 0.3) is 0 Å². The van der Waals surface area contributed by atoms with E-state index < -0.39 is 0 Å². The fourth-order valence-corrected chi connectivity index (χ4v) is 6.45. The zero-order chi connectivity index (χ0) is 25.4. The Labute approximate surface area is 216 Å². The van der Waals surface area contributed by atoms with Gasteiger partial charge in [0, 0.05) is 17.4 Å². The van der Waals surface area contributed by atoms with E-state index in [9.17, 15) is 0 Å². The first-order chi connectivity index (χ1) is 16.9. The molecular weight excluding hydrogens is 428 g/mol. The minimum atomic E-state index is 0.355. The van der Waals surface area contributed by atoms with Crippen LogP contribution in [0.5, 0.6) is 5.75 Å². The summed E-state index contributed by atoms with van der Waals surface area (Å²) < 4.78 is 6.53. The summed E-state index contributed by atoms with van der Waals surface area (Å²) in [6, 6.07) is 19.9. The number of benzene rings is 2. The summed E-state index contributed by atoms with van der Waals surface area (Å²) in [5.74, 6) is 0.953. The van der Waals surface area contributed by atoms with Crippen molar-refractivity contribution in [1.82, 2.24) is 4.90 Å². The molecular formula is C32H51N2O+. The van der Waals surface area contributed by atoms with Gasteiger partial charge in [-0.15, -0.1) is 0 Å². The Morgan fingerprint density at radius 2 is 1.26 bits per heavy atom. The van der Waals surface area contributed by atoms with Gasteiger partial charge in [-0.05, 0) is 83.8 Å². The van der Waals surface area contributed by atoms with E-state index in [-0.39, 0.29) is 0 Å². The Hall–Kier alpha value is -1.84. The standard InChI is InChI=1S/C16H25NO.C16H26N/c1-17(2)13-16(11-5-4-6-12-16)14-7-9-15(18-3)10-8-14;1-4-17(5-2,6-3)14-16(12-13-16)15-10-8-7-9-11-15/h7-10H,4-6,11-13H2,1-3H3;7-11H,4-6,12-14H2,1-3H3/q;+1. The van der Waals surface area contributed by atoms with Gasteiger partial charge >= 0.3 is 0 Å². The van der Waals surface area contributed by atoms with Gasteiger partial charge in [-0.2, -0.15) is 0 Å². The third-order valence-electron chi connectivity index (χ3n) is 9.02. The molecule has 0 bridgehead atoms. The summed E-state index contributed by atoms with van der Waals surface area (Å²) in [5, 5.41) is 0. The maximum Gasteiger partial charge on any atom is 0.118 e. The van der Waals surface area contributed by atoms with Crippen molar-refractivity contribution in [2.75, 3.05) is 53.9 Å². The van der Waals surface area contributed by atoms with Gasteiger partial charge in [-0.3, -0.25) is 0 Å². The van der Waals surface area contributed by atoms with Crippen molar-refractivity contribution in [1.29, 1.82) is 0 Å². The summed E-state index contributed by atoms with van der Waals surface area (Å²) >= 11 is 0. The highest BCUT2D eigenvalue weighted by Crippen LogP contribution is 2.49. The van der Waals surface area contributed by atoms with Crippen molar-refractivity contribution in [2.24, 2.45) is 0 Å². The topological polar surface area (TPSA) is 12.5 Å². The van der Waals surface area contributed by atoms with Gasteiger partial charge in [-0.1, -0.05) is 61.7 Å². The molecule has 0 aliphatic heterocycles. The highest BCUT2D eigenvalue weighted by molar-refractivity contribution is 5.33. The average molecular weight is 480 g/mol. The van der Waals surface area contributed by atoms with E-state index in [1.165, 1.54) is 81.2 Å². The van der Waals surface area contributed by atoms with Gasteiger partial charge in [0.2, 0.25) is 0 Å². The van der Waals surface area contributed by atoms with E-state index in [0.717, 1.165) is 12.3 Å². The monoisotopic (exact) mass is 479 g/mol. The van der Waals surface area contributed by atoms with E-state index in [0.29, 0.717) is 10.8 Å². The molecule has 0 amide bonds. The summed E-state index contributed by atoms with van der Waals surface area (Å²) in [7, 11) is 6.09. The van der Waals surface area contributed by atoms with Crippen LogP contribution in [0.15, 0.2) is 54.6 Å². The van der Waals surface area contributed by atoms with Crippen LogP contribution in [0, 0.1) is 0 Å². The molecule has 2 aromatic carbocycles. The number of rotatable bonds is 10. The molecule has 2 saturated carbocycles. The fraction of sp³-hybridized carbons (Fsp3) is 0.625. The number of ether oxygens (including phenoxy) is 1. The second-order valence-corrected chi connectivity index (χ2v) is 11.4. The van der Waals surface area contributed by atoms with Gasteiger partial charge in [0.15, 0.2) is 0 Å². The first kappa shape index (κ1) is 27.7. The van der Waals surface area contributed by atoms with Gasteiger partial charge < -0.3 is 14.1 Å². The lowest BCUT2D eigenvalue weighted by Gasteiger charge is -2.40. The van der Waals surface area contributed by atoms with Crippen LogP contribution in [0.2, 0.25) is 0 Å². The van der Waals surface area contributed by atoms with E-state index >= 15 is 0 Å². The second kappa shape index (κ2) is 12.4. The van der Waals surface area contributed by atoms with Crippen LogP contribution >= 0.6 is 0 Å². The first-order valence-electron chi connectivity index (χ1n) is 14.1. The van der Waals surface area contributed by atoms with Gasteiger partial charge in [0.25, 0.3) is 0 Å². The van der Waals surface area contributed by atoms with Crippen LogP contribution in [-0.4, -0.2) is 63.3 Å². The molecule has 0 heterocycles. The van der Waals surface area contributed by atoms with Gasteiger partial charge in [-0.25, -0.2) is 0 Å². The highest BCUT2D eigenvalue weighted by Gasteiger charge is 2.49. The molecule has 0 radical (unpaired) electrons. The molecule has 3 heteroatoms. The van der Waals surface area contributed by atoms with Crippen molar-refractivity contribution in [3.8, 4) is 5.75 Å². The molecule has 0 unspecified atom stereocenters. The van der Waals surface area contributed by atoms with Gasteiger partial charge in [0.05, 0.1) is 33.3 Å². The smallest absolute Gasteiger partial charge is 0.118 e. The minimum Gasteiger partial charge on any atom is -0.497 e. The molecule has 4 rings (SSSR count). The van der Waals surface area contributed by atoms with Crippen LogP contribution in [0.4, 0.5) is 0 Å². The predicted molar refractivity (Wildman–Crippen MR) is 150 cm³/mol. The maximum atomic E-state index is 5.26. The molecule has 194 valence electrons. The minimum absolute atomic E-state index is 0.355. The number of likely N-dealkylation sites (N-methyl/N-ethyl adjacent to an activating group) is 2. The molecule has 35 heavy (non-hydrogen) atoms. The quantitative estimate of drug-likeness (QED) is 0.338. The number of hydrogen-bond acceptors (Lipinski definition) is 2. The number of nitrogens with zero attached hydrogens (tertiary/aromatic N) is 2. The Balaban J connectivity index is 0.000000196. The van der Waals surface area contributed by atoms with Crippen LogP contribution in [0.1, 0.15) is 76.8 Å². The Bertz CT molecular complexity index is 852. The van der Waals surface area contributed by atoms with Crippen molar-refractivity contribution >= 4 is 0 Å². The molecule has 0 N–H and O–H groups in total. The summed E-state index contributed by atoms with van der Waals surface area (Å²) in [5.41, 5.74) is 3.91. The predicted octanol–water partition coefficient (Wildman–Crippen LogP) is 7.05. The molecule has 0 atom stereocenters. The molecule has 2 aliphatic carbocycles. The van der Waals surface area contributed by atoms with Crippen molar-refractivity contribution < 1.29 is 9.22 Å². The lowest BCUT2D eigenvalue weighted by Crippen LogP contribution is -2.51. The summed E-state index contributed by atoms with van der Waals surface area (Å²) in [4.78, 5) is 2.33. The molecule has 2 fully saturated rings. The largest absolute Gasteiger partial charge is 0.497 e. The van der Waals surface area contributed by atoms with Gasteiger partial charge in [0.1, 0.15) is 5.75 Å². The number of quaternary nitrogens is 1. The third kappa shape index (κ3) is 6.89. The molecule has 0 aromatic heterocycles. The summed E-state index contributed by atoms with van der Waals surface area (Å²) in [6.45, 7) is 13.3. The molecule has 2 aliphatic rings. The van der Waals surface area contributed by atoms with Crippen LogP contribution in [0.3, 0.4) is 0 Å². The Kier molecular flexibility index (Phi) is 9.84. The normalized spacial score (nSPS) is 18.5. The second-order valence-electron chi connectivity index (χ2n) is 11.4. The Morgan fingerprint density at radius 1 is 0.714 bits per heavy atom. The number of hydrogen-bond donors (Lipinski definition) is 0. The van der Waals surface area contributed by atoms with E-state index in [1.54, 1.807) is 12.7 Å². The van der Waals surface area contributed by atoms with Crippen molar-refractivity contribution in [3.05, 3.63) is 65.7 Å². The molecule has 2 aromatic rings. The van der Waals surface area contributed by atoms with Crippen molar-refractivity contribution in [3.63, 3.8) is 0 Å². The third-order valence-corrected chi connectivity index (χ3v) is 9.02. The zero-order valence-electron chi connectivity index (χ0n) is 23.5. The molecule has 0 spiro atoms. The molecule has 3 nitrogen and oxygen atoms in total. The van der Waals surface area contributed by atoms with Crippen molar-refractivity contribution in [2.45, 2.75) is 76.5 Å². The fourth-order valence-electron chi connectivity index (χ4n) is 6.45. The zero-order valence-corrected chi connectivity index (χ0v) is 23.5. The highest BCUT2D eigenvalue weighted by atomic mass is 16.5. The van der Waals surface area contributed by atoms with E-state index in [1.807, 2.05) is 0 Å². The lowest BCUT2D eigenvalue weighted by molar-refractivity contribution is -0.925.